The topological polar surface area (TPSA) is 67.2 Å². The molecule has 0 aromatic carbocycles. The molecule has 0 aliphatic heterocycles. The first kappa shape index (κ1) is 11.4. The highest BCUT2D eigenvalue weighted by atomic mass is 31.2. The maximum absolute atomic E-state index is 11.2. The molecular formula is C7H12NO3P. The highest BCUT2D eigenvalue weighted by molar-refractivity contribution is 7.58. The SMILES string of the molecule is CCP(C)(=O)OCCC(=O)C#N. The summed E-state index contributed by atoms with van der Waals surface area (Å²) in [6, 6.07) is 1.46. The minimum Gasteiger partial charge on any atom is -0.328 e. The predicted molar refractivity (Wildman–Crippen MR) is 45.3 cm³/mol. The molecule has 0 radical (unpaired) electrons. The van der Waals surface area contributed by atoms with Crippen molar-refractivity contribution < 1.29 is 13.9 Å². The van der Waals surface area contributed by atoms with Crippen LogP contribution in [0.4, 0.5) is 0 Å². The number of hydrogen-bond donors (Lipinski definition) is 0. The summed E-state index contributed by atoms with van der Waals surface area (Å²) in [5.41, 5.74) is 0. The Morgan fingerprint density at radius 2 is 2.25 bits per heavy atom. The summed E-state index contributed by atoms with van der Waals surface area (Å²) < 4.78 is 16.2. The van der Waals surface area contributed by atoms with Crippen LogP contribution in [0.15, 0.2) is 0 Å². The van der Waals surface area contributed by atoms with Gasteiger partial charge in [-0.3, -0.25) is 9.36 Å². The lowest BCUT2D eigenvalue weighted by Gasteiger charge is -2.09. The highest BCUT2D eigenvalue weighted by Crippen LogP contribution is 2.41. The van der Waals surface area contributed by atoms with Gasteiger partial charge in [-0.1, -0.05) is 6.92 Å². The van der Waals surface area contributed by atoms with Crippen molar-refractivity contribution in [2.45, 2.75) is 13.3 Å². The van der Waals surface area contributed by atoms with Gasteiger partial charge in [-0.05, 0) is 0 Å². The van der Waals surface area contributed by atoms with E-state index >= 15 is 0 Å². The zero-order chi connectivity index (χ0) is 9.61. The lowest BCUT2D eigenvalue weighted by Crippen LogP contribution is -2.00. The van der Waals surface area contributed by atoms with Gasteiger partial charge in [0.05, 0.1) is 6.61 Å². The molecular weight excluding hydrogens is 177 g/mol. The smallest absolute Gasteiger partial charge is 0.234 e. The number of rotatable bonds is 5. The summed E-state index contributed by atoms with van der Waals surface area (Å²) in [6.45, 7) is 3.35. The van der Waals surface area contributed by atoms with Crippen molar-refractivity contribution in [3.8, 4) is 6.07 Å². The van der Waals surface area contributed by atoms with Crippen molar-refractivity contribution in [2.75, 3.05) is 19.4 Å². The van der Waals surface area contributed by atoms with Crippen LogP contribution in [0.2, 0.25) is 0 Å². The van der Waals surface area contributed by atoms with Gasteiger partial charge in [0.1, 0.15) is 6.07 Å². The summed E-state index contributed by atoms with van der Waals surface area (Å²) in [5.74, 6) is -0.536. The van der Waals surface area contributed by atoms with E-state index in [1.807, 2.05) is 0 Å². The minimum atomic E-state index is -2.50. The monoisotopic (exact) mass is 189 g/mol. The molecule has 0 aliphatic carbocycles. The predicted octanol–water partition coefficient (Wildman–Crippen LogP) is 1.41. The van der Waals surface area contributed by atoms with E-state index < -0.39 is 13.2 Å². The Hall–Kier alpha value is -0.650. The lowest BCUT2D eigenvalue weighted by molar-refractivity contribution is -0.114. The summed E-state index contributed by atoms with van der Waals surface area (Å²) in [6.07, 6.45) is 0.474. The van der Waals surface area contributed by atoms with E-state index in [2.05, 4.69) is 0 Å². The molecule has 0 rings (SSSR count). The molecule has 0 amide bonds. The van der Waals surface area contributed by atoms with Crippen LogP contribution < -0.4 is 0 Å². The number of ketones is 1. The number of nitrogens with zero attached hydrogens (tertiary/aromatic N) is 1. The lowest BCUT2D eigenvalue weighted by atomic mass is 10.3. The second-order valence-electron chi connectivity index (χ2n) is 2.45. The van der Waals surface area contributed by atoms with Crippen LogP contribution >= 0.6 is 7.37 Å². The molecule has 1 unspecified atom stereocenters. The summed E-state index contributed by atoms with van der Waals surface area (Å²) >= 11 is 0. The molecule has 0 aliphatic rings. The van der Waals surface area contributed by atoms with Gasteiger partial charge < -0.3 is 4.52 Å². The number of carbonyl (C=O) groups excluding carboxylic acids is 1. The van der Waals surface area contributed by atoms with Crippen LogP contribution in [0.1, 0.15) is 13.3 Å². The third kappa shape index (κ3) is 5.06. The van der Waals surface area contributed by atoms with Crippen molar-refractivity contribution >= 4 is 13.2 Å². The molecule has 5 heteroatoms. The zero-order valence-corrected chi connectivity index (χ0v) is 8.13. The fraction of sp³-hybridized carbons (Fsp3) is 0.714. The van der Waals surface area contributed by atoms with Crippen LogP contribution in [0, 0.1) is 11.3 Å². The van der Waals surface area contributed by atoms with Crippen LogP contribution in [0.25, 0.3) is 0 Å². The average molecular weight is 189 g/mol. The molecule has 0 N–H and O–H groups in total. The van der Waals surface area contributed by atoms with E-state index in [0.29, 0.717) is 6.16 Å². The Morgan fingerprint density at radius 1 is 1.67 bits per heavy atom. The minimum absolute atomic E-state index is 0.0222. The van der Waals surface area contributed by atoms with Crippen molar-refractivity contribution in [1.29, 1.82) is 5.26 Å². The molecule has 68 valence electrons. The Kier molecular flexibility index (Phi) is 4.80. The van der Waals surface area contributed by atoms with Crippen LogP contribution in [-0.4, -0.2) is 25.2 Å². The second kappa shape index (κ2) is 5.08. The summed E-state index contributed by atoms with van der Waals surface area (Å²) in [5, 5.41) is 8.10. The van der Waals surface area contributed by atoms with E-state index in [0.717, 1.165) is 0 Å². The van der Waals surface area contributed by atoms with Gasteiger partial charge >= 0.3 is 0 Å². The first-order chi connectivity index (χ1) is 5.52. The molecule has 0 aromatic rings. The fourth-order valence-electron chi connectivity index (χ4n) is 0.479. The average Bonchev–Trinajstić information content (AvgIpc) is 2.04. The second-order valence-corrected chi connectivity index (χ2v) is 5.37. The Balaban J connectivity index is 3.66. The van der Waals surface area contributed by atoms with Crippen molar-refractivity contribution in [3.05, 3.63) is 0 Å². The molecule has 12 heavy (non-hydrogen) atoms. The van der Waals surface area contributed by atoms with Gasteiger partial charge in [-0.2, -0.15) is 5.26 Å². The highest BCUT2D eigenvalue weighted by Gasteiger charge is 2.12. The molecule has 0 saturated carbocycles. The van der Waals surface area contributed by atoms with Gasteiger partial charge in [-0.15, -0.1) is 0 Å². The van der Waals surface area contributed by atoms with Crippen molar-refractivity contribution in [2.24, 2.45) is 0 Å². The van der Waals surface area contributed by atoms with Gasteiger partial charge in [-0.25, -0.2) is 0 Å². The van der Waals surface area contributed by atoms with Gasteiger partial charge in [0.25, 0.3) is 0 Å². The normalized spacial score (nSPS) is 14.8. The van der Waals surface area contributed by atoms with E-state index in [1.165, 1.54) is 12.7 Å². The molecule has 0 aromatic heterocycles. The van der Waals surface area contributed by atoms with Crippen molar-refractivity contribution in [3.63, 3.8) is 0 Å². The molecule has 0 bridgehead atoms. The van der Waals surface area contributed by atoms with E-state index in [1.54, 1.807) is 6.92 Å². The third-order valence-electron chi connectivity index (χ3n) is 1.39. The molecule has 1 atom stereocenters. The number of nitriles is 1. The van der Waals surface area contributed by atoms with Gasteiger partial charge in [0.15, 0.2) is 7.37 Å². The largest absolute Gasteiger partial charge is 0.328 e. The maximum atomic E-state index is 11.2. The van der Waals surface area contributed by atoms with E-state index in [-0.39, 0.29) is 13.0 Å². The van der Waals surface area contributed by atoms with Gasteiger partial charge in [0, 0.05) is 19.2 Å². The molecule has 0 fully saturated rings. The number of hydrogen-bond acceptors (Lipinski definition) is 4. The number of Topliss-reactive ketones (excluding diaryl/α,β-unsaturated/α-hetero) is 1. The third-order valence-corrected chi connectivity index (χ3v) is 3.27. The fourth-order valence-corrected chi connectivity index (χ4v) is 1.14. The molecule has 0 heterocycles. The van der Waals surface area contributed by atoms with Crippen LogP contribution in [-0.2, 0) is 13.9 Å². The summed E-state index contributed by atoms with van der Waals surface area (Å²) in [7, 11) is -2.50. The first-order valence-corrected chi connectivity index (χ1v) is 5.91. The Morgan fingerprint density at radius 3 is 2.67 bits per heavy atom. The first-order valence-electron chi connectivity index (χ1n) is 3.66. The van der Waals surface area contributed by atoms with E-state index in [4.69, 9.17) is 9.79 Å². The van der Waals surface area contributed by atoms with E-state index in [9.17, 15) is 9.36 Å². The standard InChI is InChI=1S/C7H12NO3P/c1-3-12(2,10)11-5-4-7(9)6-8/h3-5H2,1-2H3. The van der Waals surface area contributed by atoms with Crippen molar-refractivity contribution in [1.82, 2.24) is 0 Å². The summed E-state index contributed by atoms with van der Waals surface area (Å²) in [4.78, 5) is 10.5. The molecule has 4 nitrogen and oxygen atoms in total. The molecule has 0 saturated heterocycles. The molecule has 0 spiro atoms. The Bertz CT molecular complexity index is 244. The Labute approximate surface area is 72.0 Å². The zero-order valence-electron chi connectivity index (χ0n) is 7.24. The quantitative estimate of drug-likeness (QED) is 0.484. The van der Waals surface area contributed by atoms with Crippen LogP contribution in [0.3, 0.4) is 0 Å². The number of carbonyl (C=O) groups is 1. The van der Waals surface area contributed by atoms with Crippen LogP contribution in [0.5, 0.6) is 0 Å². The van der Waals surface area contributed by atoms with Gasteiger partial charge in [0.2, 0.25) is 5.78 Å². The maximum Gasteiger partial charge on any atom is 0.234 e.